The van der Waals surface area contributed by atoms with Crippen LogP contribution < -0.4 is 10.9 Å². The van der Waals surface area contributed by atoms with E-state index >= 15 is 0 Å². The number of halogens is 1. The number of rotatable bonds is 3. The third-order valence-electron chi connectivity index (χ3n) is 3.90. The van der Waals surface area contributed by atoms with Gasteiger partial charge in [-0.05, 0) is 66.8 Å². The van der Waals surface area contributed by atoms with Crippen molar-refractivity contribution in [2.45, 2.75) is 20.3 Å². The van der Waals surface area contributed by atoms with Crippen LogP contribution in [0.25, 0.3) is 10.9 Å². The van der Waals surface area contributed by atoms with Gasteiger partial charge in [-0.1, -0.05) is 22.0 Å². The van der Waals surface area contributed by atoms with E-state index in [4.69, 9.17) is 0 Å². The van der Waals surface area contributed by atoms with Crippen molar-refractivity contribution in [1.29, 1.82) is 0 Å². The normalized spacial score (nSPS) is 10.8. The summed E-state index contributed by atoms with van der Waals surface area (Å²) in [6, 6.07) is 13.2. The van der Waals surface area contributed by atoms with Gasteiger partial charge in [0.05, 0.1) is 6.42 Å². The number of fused-ring (bicyclic) bond motifs is 1. The fraction of sp³-hybridized carbons (Fsp3) is 0.158. The number of aryl methyl sites for hydroxylation is 2. The lowest BCUT2D eigenvalue weighted by Crippen LogP contribution is -2.14. The molecule has 5 heteroatoms. The third kappa shape index (κ3) is 3.57. The molecule has 0 aliphatic heterocycles. The monoisotopic (exact) mass is 384 g/mol. The van der Waals surface area contributed by atoms with Crippen LogP contribution in [-0.4, -0.2) is 10.9 Å². The number of aromatic amines is 1. The number of nitrogens with one attached hydrogen (secondary N) is 2. The van der Waals surface area contributed by atoms with Gasteiger partial charge in [0, 0.05) is 21.2 Å². The maximum atomic E-state index is 12.3. The fourth-order valence-electron chi connectivity index (χ4n) is 2.59. The molecular weight excluding hydrogens is 368 g/mol. The summed E-state index contributed by atoms with van der Waals surface area (Å²) in [5.41, 5.74) is 4.10. The molecule has 3 rings (SSSR count). The van der Waals surface area contributed by atoms with Crippen LogP contribution in [0.4, 0.5) is 5.69 Å². The highest BCUT2D eigenvalue weighted by Crippen LogP contribution is 2.20. The van der Waals surface area contributed by atoms with Gasteiger partial charge in [0.25, 0.3) is 5.56 Å². The standard InChI is InChI=1S/C19H17BrN2O2/c1-11-8-15(4-5-16(11)20)21-18(23)10-13-3-6-17-14(9-13)7-12(2)19(24)22-17/h3-9H,10H2,1-2H3,(H,21,23)(H,22,24). The lowest BCUT2D eigenvalue weighted by Gasteiger charge is -2.08. The Hall–Kier alpha value is -2.40. The van der Waals surface area contributed by atoms with E-state index in [0.29, 0.717) is 5.56 Å². The summed E-state index contributed by atoms with van der Waals surface area (Å²) in [6.45, 7) is 3.75. The SMILES string of the molecule is Cc1cc(NC(=O)Cc2ccc3[nH]c(=O)c(C)cc3c2)ccc1Br. The molecule has 122 valence electrons. The average molecular weight is 385 g/mol. The molecule has 0 radical (unpaired) electrons. The molecule has 0 bridgehead atoms. The molecule has 0 aliphatic rings. The van der Waals surface area contributed by atoms with Crippen molar-refractivity contribution in [3.63, 3.8) is 0 Å². The van der Waals surface area contributed by atoms with Crippen LogP contribution >= 0.6 is 15.9 Å². The van der Waals surface area contributed by atoms with E-state index in [1.807, 2.05) is 49.4 Å². The van der Waals surface area contributed by atoms with Gasteiger partial charge >= 0.3 is 0 Å². The molecule has 0 unspecified atom stereocenters. The zero-order valence-corrected chi connectivity index (χ0v) is 15.0. The molecular formula is C19H17BrN2O2. The van der Waals surface area contributed by atoms with E-state index in [1.54, 1.807) is 6.92 Å². The highest BCUT2D eigenvalue weighted by Gasteiger charge is 2.07. The van der Waals surface area contributed by atoms with E-state index in [-0.39, 0.29) is 17.9 Å². The molecule has 2 aromatic carbocycles. The van der Waals surface area contributed by atoms with E-state index in [1.165, 1.54) is 0 Å². The van der Waals surface area contributed by atoms with Crippen LogP contribution in [0.15, 0.2) is 51.7 Å². The Morgan fingerprint density at radius 3 is 2.62 bits per heavy atom. The van der Waals surface area contributed by atoms with Crippen LogP contribution in [0.3, 0.4) is 0 Å². The molecule has 0 atom stereocenters. The second-order valence-corrected chi connectivity index (χ2v) is 6.75. The Morgan fingerprint density at radius 1 is 1.08 bits per heavy atom. The number of anilines is 1. The van der Waals surface area contributed by atoms with Crippen molar-refractivity contribution in [2.75, 3.05) is 5.32 Å². The van der Waals surface area contributed by atoms with Gasteiger partial charge in [-0.2, -0.15) is 0 Å². The van der Waals surface area contributed by atoms with Crippen LogP contribution in [0.1, 0.15) is 16.7 Å². The molecule has 24 heavy (non-hydrogen) atoms. The maximum absolute atomic E-state index is 12.3. The Balaban J connectivity index is 1.78. The minimum atomic E-state index is -0.0846. The van der Waals surface area contributed by atoms with E-state index < -0.39 is 0 Å². The highest BCUT2D eigenvalue weighted by molar-refractivity contribution is 9.10. The Morgan fingerprint density at radius 2 is 1.88 bits per heavy atom. The zero-order valence-electron chi connectivity index (χ0n) is 13.4. The fourth-order valence-corrected chi connectivity index (χ4v) is 2.83. The summed E-state index contributed by atoms with van der Waals surface area (Å²) >= 11 is 3.45. The minimum absolute atomic E-state index is 0.0720. The molecule has 3 aromatic rings. The first-order valence-corrected chi connectivity index (χ1v) is 8.40. The van der Waals surface area contributed by atoms with Crippen LogP contribution in [0.2, 0.25) is 0 Å². The van der Waals surface area contributed by atoms with Gasteiger partial charge in [0.2, 0.25) is 5.91 Å². The largest absolute Gasteiger partial charge is 0.326 e. The van der Waals surface area contributed by atoms with Gasteiger partial charge in [0.1, 0.15) is 0 Å². The molecule has 4 nitrogen and oxygen atoms in total. The van der Waals surface area contributed by atoms with Crippen LogP contribution in [0.5, 0.6) is 0 Å². The number of hydrogen-bond acceptors (Lipinski definition) is 2. The lowest BCUT2D eigenvalue weighted by molar-refractivity contribution is -0.115. The number of hydrogen-bond donors (Lipinski definition) is 2. The molecule has 1 amide bonds. The number of carbonyl (C=O) groups is 1. The Kier molecular flexibility index (Phi) is 4.53. The summed E-state index contributed by atoms with van der Waals surface area (Å²) in [5.74, 6) is -0.0720. The van der Waals surface area contributed by atoms with E-state index in [2.05, 4.69) is 26.2 Å². The summed E-state index contributed by atoms with van der Waals surface area (Å²) in [7, 11) is 0. The molecule has 1 heterocycles. The number of benzene rings is 2. The molecule has 0 fully saturated rings. The van der Waals surface area contributed by atoms with Crippen molar-refractivity contribution < 1.29 is 4.79 Å². The maximum Gasteiger partial charge on any atom is 0.251 e. The second-order valence-electron chi connectivity index (χ2n) is 5.89. The molecule has 0 saturated carbocycles. The third-order valence-corrected chi connectivity index (χ3v) is 4.79. The first-order chi connectivity index (χ1) is 11.4. The summed E-state index contributed by atoms with van der Waals surface area (Å²) in [5, 5.41) is 3.84. The average Bonchev–Trinajstić information content (AvgIpc) is 2.52. The number of aromatic nitrogens is 1. The summed E-state index contributed by atoms with van der Waals surface area (Å²) in [6.07, 6.45) is 0.281. The predicted molar refractivity (Wildman–Crippen MR) is 101 cm³/mol. The number of amides is 1. The Labute approximate surface area is 148 Å². The minimum Gasteiger partial charge on any atom is -0.326 e. The molecule has 0 aliphatic carbocycles. The lowest BCUT2D eigenvalue weighted by atomic mass is 10.1. The van der Waals surface area contributed by atoms with Gasteiger partial charge in [-0.15, -0.1) is 0 Å². The van der Waals surface area contributed by atoms with E-state index in [9.17, 15) is 9.59 Å². The first kappa shape index (κ1) is 16.5. The van der Waals surface area contributed by atoms with Crippen molar-refractivity contribution in [1.82, 2.24) is 4.98 Å². The summed E-state index contributed by atoms with van der Waals surface area (Å²) < 4.78 is 1.01. The van der Waals surface area contributed by atoms with Gasteiger partial charge in [0.15, 0.2) is 0 Å². The second kappa shape index (κ2) is 6.61. The van der Waals surface area contributed by atoms with Crippen molar-refractivity contribution in [2.24, 2.45) is 0 Å². The molecule has 2 N–H and O–H groups in total. The van der Waals surface area contributed by atoms with Crippen molar-refractivity contribution >= 4 is 38.4 Å². The highest BCUT2D eigenvalue weighted by atomic mass is 79.9. The number of carbonyl (C=O) groups excluding carboxylic acids is 1. The van der Waals surface area contributed by atoms with Crippen LogP contribution in [0, 0.1) is 13.8 Å². The van der Waals surface area contributed by atoms with Crippen molar-refractivity contribution in [3.8, 4) is 0 Å². The van der Waals surface area contributed by atoms with E-state index in [0.717, 1.165) is 32.2 Å². The smallest absolute Gasteiger partial charge is 0.251 e. The number of H-pyrrole nitrogens is 1. The Bertz CT molecular complexity index is 992. The van der Waals surface area contributed by atoms with Crippen LogP contribution in [-0.2, 0) is 11.2 Å². The topological polar surface area (TPSA) is 62.0 Å². The molecule has 0 spiro atoms. The number of pyridine rings is 1. The summed E-state index contributed by atoms with van der Waals surface area (Å²) in [4.78, 5) is 26.7. The van der Waals surface area contributed by atoms with Gasteiger partial charge in [-0.3, -0.25) is 9.59 Å². The van der Waals surface area contributed by atoms with Crippen molar-refractivity contribution in [3.05, 3.63) is 74.0 Å². The first-order valence-electron chi connectivity index (χ1n) is 7.61. The van der Waals surface area contributed by atoms with Gasteiger partial charge in [-0.25, -0.2) is 0 Å². The predicted octanol–water partition coefficient (Wildman–Crippen LogP) is 4.09. The molecule has 0 saturated heterocycles. The zero-order chi connectivity index (χ0) is 17.3. The quantitative estimate of drug-likeness (QED) is 0.714. The van der Waals surface area contributed by atoms with Gasteiger partial charge < -0.3 is 10.3 Å². The molecule has 1 aromatic heterocycles.